The predicted octanol–water partition coefficient (Wildman–Crippen LogP) is 6.09. The van der Waals surface area contributed by atoms with E-state index in [-0.39, 0.29) is 35.5 Å². The van der Waals surface area contributed by atoms with Gasteiger partial charge in [-0.1, -0.05) is 48.2 Å². The summed E-state index contributed by atoms with van der Waals surface area (Å²) in [5.41, 5.74) is 4.28. The normalized spacial score (nSPS) is 25.7. The van der Waals surface area contributed by atoms with E-state index in [1.54, 1.807) is 23.5 Å². The monoisotopic (exact) mass is 553 g/mol. The molecule has 6 nitrogen and oxygen atoms in total. The minimum atomic E-state index is -0.972. The van der Waals surface area contributed by atoms with Gasteiger partial charge in [0.1, 0.15) is 5.75 Å². The van der Waals surface area contributed by atoms with Gasteiger partial charge in [0, 0.05) is 4.88 Å². The Labute approximate surface area is 233 Å². The summed E-state index contributed by atoms with van der Waals surface area (Å²) in [5, 5.41) is 22.8. The number of imide groups is 1. The summed E-state index contributed by atoms with van der Waals surface area (Å²) in [4.78, 5) is 29.6. The molecule has 0 radical (unpaired) electrons. The van der Waals surface area contributed by atoms with Gasteiger partial charge in [0.2, 0.25) is 11.8 Å². The zero-order valence-electron chi connectivity index (χ0n) is 21.7. The molecule has 5 rings (SSSR count). The van der Waals surface area contributed by atoms with Crippen molar-refractivity contribution in [1.82, 2.24) is 4.90 Å². The Hall–Kier alpha value is -2.39. The Morgan fingerprint density at radius 1 is 1.26 bits per heavy atom. The average molecular weight is 554 g/mol. The molecule has 2 aromatic rings. The summed E-state index contributed by atoms with van der Waals surface area (Å²) >= 11 is 7.84. The molecule has 2 fully saturated rings. The summed E-state index contributed by atoms with van der Waals surface area (Å²) in [6, 6.07) is 8.80. The largest absolute Gasteiger partial charge is 0.508 e. The van der Waals surface area contributed by atoms with E-state index in [2.05, 4.69) is 6.92 Å². The molecular weight excluding hydrogens is 521 g/mol. The third kappa shape index (κ3) is 5.37. The Kier molecular flexibility index (Phi) is 8.15. The number of allylic oxidation sites excluding steroid dienone is 2. The van der Waals surface area contributed by atoms with Crippen molar-refractivity contribution in [3.8, 4) is 5.75 Å². The van der Waals surface area contributed by atoms with Gasteiger partial charge in [0.15, 0.2) is 0 Å². The van der Waals surface area contributed by atoms with Gasteiger partial charge in [-0.2, -0.15) is 0 Å². The third-order valence-corrected chi connectivity index (χ3v) is 9.22. The molecule has 0 unspecified atom stereocenters. The third-order valence-electron chi connectivity index (χ3n) is 8.03. The molecule has 1 aliphatic carbocycles. The number of halogens is 1. The van der Waals surface area contributed by atoms with Crippen LogP contribution in [0.1, 0.15) is 56.4 Å². The molecule has 200 valence electrons. The van der Waals surface area contributed by atoms with E-state index in [4.69, 9.17) is 16.3 Å². The molecule has 2 saturated heterocycles. The smallest absolute Gasteiger partial charge is 0.455 e. The number of fused-ring (bicyclic) bond motifs is 3. The summed E-state index contributed by atoms with van der Waals surface area (Å²) in [5.74, 6) is -1.06. The standard InChI is InChI=1S/C29H33BClNO5S/c1-3-5-19-13-22-27(29(35)32(28(22)34)16-21-6-4-11-38-21)23-15-30(36)37-25(26(19)23)10-7-17(2)12-18-8-9-20(33)14-24(18)31/h4,6,8-9,11-12,14,22-23,25,27,33,36H,3,5,7,10,13,15-16H2,1-2H3/b17-12+/t22-,23+,25-,27-/m1/s1. The summed E-state index contributed by atoms with van der Waals surface area (Å²) in [6.07, 6.45) is 5.79. The highest BCUT2D eigenvalue weighted by molar-refractivity contribution is 7.09. The molecule has 0 spiro atoms. The second-order valence-corrected chi connectivity index (χ2v) is 12.1. The summed E-state index contributed by atoms with van der Waals surface area (Å²) < 4.78 is 6.10. The zero-order valence-corrected chi connectivity index (χ0v) is 23.3. The van der Waals surface area contributed by atoms with Gasteiger partial charge < -0.3 is 14.8 Å². The van der Waals surface area contributed by atoms with E-state index in [9.17, 15) is 19.7 Å². The van der Waals surface area contributed by atoms with Gasteiger partial charge >= 0.3 is 7.12 Å². The lowest BCUT2D eigenvalue weighted by Gasteiger charge is -2.43. The number of aromatic hydroxyl groups is 1. The molecule has 3 aliphatic rings. The van der Waals surface area contributed by atoms with Crippen molar-refractivity contribution in [2.45, 2.75) is 64.9 Å². The number of phenolic OH excluding ortho intramolecular Hbond substituents is 1. The highest BCUT2D eigenvalue weighted by Crippen LogP contribution is 2.51. The van der Waals surface area contributed by atoms with Crippen LogP contribution in [0.25, 0.3) is 6.08 Å². The number of benzene rings is 1. The molecule has 2 N–H and O–H groups in total. The van der Waals surface area contributed by atoms with Crippen LogP contribution in [-0.2, 0) is 20.8 Å². The van der Waals surface area contributed by atoms with Crippen molar-refractivity contribution < 1.29 is 24.4 Å². The van der Waals surface area contributed by atoms with Crippen molar-refractivity contribution in [2.24, 2.45) is 17.8 Å². The van der Waals surface area contributed by atoms with Crippen LogP contribution in [0.15, 0.2) is 52.4 Å². The lowest BCUT2D eigenvalue weighted by Crippen LogP contribution is -2.46. The van der Waals surface area contributed by atoms with Crippen LogP contribution >= 0.6 is 22.9 Å². The molecule has 0 bridgehead atoms. The van der Waals surface area contributed by atoms with Crippen LogP contribution in [0.5, 0.6) is 5.75 Å². The number of amides is 2. The maximum absolute atomic E-state index is 13.7. The van der Waals surface area contributed by atoms with Crippen molar-refractivity contribution in [1.29, 1.82) is 0 Å². The maximum Gasteiger partial charge on any atom is 0.455 e. The van der Waals surface area contributed by atoms with Crippen molar-refractivity contribution >= 4 is 47.9 Å². The second-order valence-electron chi connectivity index (χ2n) is 10.6. The van der Waals surface area contributed by atoms with Gasteiger partial charge in [-0.05, 0) is 85.6 Å². The van der Waals surface area contributed by atoms with Crippen LogP contribution in [0.4, 0.5) is 0 Å². The highest BCUT2D eigenvalue weighted by atomic mass is 35.5. The lowest BCUT2D eigenvalue weighted by atomic mass is 9.58. The predicted molar refractivity (Wildman–Crippen MR) is 151 cm³/mol. The van der Waals surface area contributed by atoms with Crippen LogP contribution in [0.2, 0.25) is 11.3 Å². The topological polar surface area (TPSA) is 87.1 Å². The molecule has 0 saturated carbocycles. The summed E-state index contributed by atoms with van der Waals surface area (Å²) in [7, 11) is -0.972. The van der Waals surface area contributed by atoms with Gasteiger partial charge in [-0.3, -0.25) is 14.5 Å². The van der Waals surface area contributed by atoms with Gasteiger partial charge in [-0.25, -0.2) is 0 Å². The van der Waals surface area contributed by atoms with Crippen LogP contribution in [0.3, 0.4) is 0 Å². The first-order valence-electron chi connectivity index (χ1n) is 13.4. The van der Waals surface area contributed by atoms with Crippen molar-refractivity contribution in [3.05, 3.63) is 67.9 Å². The molecule has 2 amide bonds. The second kappa shape index (κ2) is 11.4. The molecule has 9 heteroatoms. The lowest BCUT2D eigenvalue weighted by molar-refractivity contribution is -0.140. The first-order valence-corrected chi connectivity index (χ1v) is 14.6. The minimum Gasteiger partial charge on any atom is -0.508 e. The molecule has 1 aromatic heterocycles. The van der Waals surface area contributed by atoms with E-state index in [0.717, 1.165) is 40.8 Å². The Bertz CT molecular complexity index is 1280. The first-order chi connectivity index (χ1) is 18.3. The molecular formula is C29H33BClNO5S. The van der Waals surface area contributed by atoms with E-state index >= 15 is 0 Å². The quantitative estimate of drug-likeness (QED) is 0.235. The molecule has 1 aromatic carbocycles. The number of rotatable bonds is 8. The fourth-order valence-electron chi connectivity index (χ4n) is 6.41. The van der Waals surface area contributed by atoms with E-state index in [0.29, 0.717) is 30.7 Å². The van der Waals surface area contributed by atoms with Crippen LogP contribution < -0.4 is 0 Å². The van der Waals surface area contributed by atoms with E-state index < -0.39 is 13.0 Å². The minimum absolute atomic E-state index is 0.0804. The number of nitrogens with zero attached hydrogens (tertiary/aromatic N) is 1. The van der Waals surface area contributed by atoms with Gasteiger partial charge in [0.05, 0.1) is 29.5 Å². The average Bonchev–Trinajstić information content (AvgIpc) is 3.47. The first kappa shape index (κ1) is 27.2. The molecule has 2 aliphatic heterocycles. The number of thiophene rings is 1. The van der Waals surface area contributed by atoms with Gasteiger partial charge in [0.25, 0.3) is 0 Å². The zero-order chi connectivity index (χ0) is 27.0. The Balaban J connectivity index is 1.39. The van der Waals surface area contributed by atoms with Crippen LogP contribution in [-0.4, -0.2) is 40.1 Å². The number of phenols is 1. The highest BCUT2D eigenvalue weighted by Gasteiger charge is 2.57. The number of carbonyl (C=O) groups is 2. The summed E-state index contributed by atoms with van der Waals surface area (Å²) in [6.45, 7) is 4.47. The van der Waals surface area contributed by atoms with E-state index in [1.807, 2.05) is 30.5 Å². The maximum atomic E-state index is 13.7. The number of likely N-dealkylation sites (tertiary alicyclic amines) is 1. The van der Waals surface area contributed by atoms with Crippen molar-refractivity contribution in [2.75, 3.05) is 0 Å². The molecule has 4 atom stereocenters. The fourth-order valence-corrected chi connectivity index (χ4v) is 7.33. The van der Waals surface area contributed by atoms with Gasteiger partial charge in [-0.15, -0.1) is 11.3 Å². The van der Waals surface area contributed by atoms with Crippen molar-refractivity contribution in [3.63, 3.8) is 0 Å². The van der Waals surface area contributed by atoms with E-state index in [1.165, 1.54) is 16.5 Å². The number of hydrogen-bond donors (Lipinski definition) is 2. The fraction of sp³-hybridized carbons (Fsp3) is 0.448. The Morgan fingerprint density at radius 3 is 2.79 bits per heavy atom. The molecule has 38 heavy (non-hydrogen) atoms. The van der Waals surface area contributed by atoms with Crippen LogP contribution in [0, 0.1) is 17.8 Å². The number of hydrogen-bond acceptors (Lipinski definition) is 6. The number of carbonyl (C=O) groups excluding carboxylic acids is 2. The Morgan fingerprint density at radius 2 is 2.08 bits per heavy atom. The SMILES string of the molecule is CCCC1=C2[C@@H](CC/C(C)=C/c3ccc(O)cc3Cl)OB(O)C[C@@H]2[C@@H]2C(=O)N(Cc3cccs3)C(=O)[C@@H]2C1. The molecule has 3 heterocycles.